The van der Waals surface area contributed by atoms with Gasteiger partial charge in [-0.05, 0) is 24.3 Å². The van der Waals surface area contributed by atoms with E-state index in [1.807, 2.05) is 41.9 Å². The van der Waals surface area contributed by atoms with Crippen molar-refractivity contribution in [3.8, 4) is 10.6 Å². The zero-order valence-electron chi connectivity index (χ0n) is 14.3. The first-order chi connectivity index (χ1) is 13.1. The summed E-state index contributed by atoms with van der Waals surface area (Å²) in [4.78, 5) is 34.3. The fourth-order valence-corrected chi connectivity index (χ4v) is 4.16. The molecule has 0 fully saturated rings. The van der Waals surface area contributed by atoms with Gasteiger partial charge in [0.2, 0.25) is 5.91 Å². The van der Waals surface area contributed by atoms with Gasteiger partial charge in [0.1, 0.15) is 11.3 Å². The van der Waals surface area contributed by atoms with Crippen molar-refractivity contribution in [2.24, 2.45) is 0 Å². The second kappa shape index (κ2) is 7.29. The molecule has 0 unspecified atom stereocenters. The molecule has 7 nitrogen and oxygen atoms in total. The Balaban J connectivity index is 1.46. The zero-order valence-corrected chi connectivity index (χ0v) is 15.9. The van der Waals surface area contributed by atoms with E-state index in [9.17, 15) is 9.59 Å². The summed E-state index contributed by atoms with van der Waals surface area (Å²) < 4.78 is 1.80. The predicted molar refractivity (Wildman–Crippen MR) is 106 cm³/mol. The van der Waals surface area contributed by atoms with E-state index in [1.165, 1.54) is 18.3 Å². The van der Waals surface area contributed by atoms with Gasteiger partial charge in [0.25, 0.3) is 5.91 Å². The van der Waals surface area contributed by atoms with Crippen LogP contribution in [0.4, 0.5) is 5.13 Å². The van der Waals surface area contributed by atoms with Crippen molar-refractivity contribution in [1.82, 2.24) is 19.7 Å². The third-order valence-corrected chi connectivity index (χ3v) is 5.61. The molecule has 0 spiro atoms. The summed E-state index contributed by atoms with van der Waals surface area (Å²) in [6.45, 7) is 1.99. The first-order valence-corrected chi connectivity index (χ1v) is 9.82. The van der Waals surface area contributed by atoms with Crippen LogP contribution in [0.3, 0.4) is 0 Å². The molecule has 0 aliphatic rings. The summed E-state index contributed by atoms with van der Waals surface area (Å²) in [5.41, 5.74) is 1.85. The quantitative estimate of drug-likeness (QED) is 0.540. The third kappa shape index (κ3) is 3.88. The molecule has 2 amide bonds. The van der Waals surface area contributed by atoms with Crippen molar-refractivity contribution in [3.05, 3.63) is 58.7 Å². The number of pyridine rings is 1. The Hall–Kier alpha value is -3.04. The van der Waals surface area contributed by atoms with Crippen LogP contribution in [0, 0.1) is 0 Å². The lowest BCUT2D eigenvalue weighted by Crippen LogP contribution is -2.17. The number of amides is 2. The highest BCUT2D eigenvalue weighted by Gasteiger charge is 2.14. The third-order valence-electron chi connectivity index (χ3n) is 3.75. The molecule has 0 aliphatic heterocycles. The molecule has 0 saturated carbocycles. The number of thiophene rings is 1. The summed E-state index contributed by atoms with van der Waals surface area (Å²) in [5, 5.41) is 7.98. The highest BCUT2D eigenvalue weighted by atomic mass is 32.1. The zero-order chi connectivity index (χ0) is 18.8. The minimum Gasteiger partial charge on any atom is -0.351 e. The predicted octanol–water partition coefficient (Wildman–Crippen LogP) is 3.41. The van der Waals surface area contributed by atoms with E-state index in [0.29, 0.717) is 23.0 Å². The number of fused-ring (bicyclic) bond motifs is 1. The first-order valence-electron chi connectivity index (χ1n) is 8.12. The van der Waals surface area contributed by atoms with Crippen LogP contribution >= 0.6 is 22.7 Å². The van der Waals surface area contributed by atoms with Crippen LogP contribution in [-0.2, 0) is 11.3 Å². The Morgan fingerprint density at radius 1 is 1.19 bits per heavy atom. The topological polar surface area (TPSA) is 88.4 Å². The number of carbonyl (C=O) groups excluding carboxylic acids is 2. The summed E-state index contributed by atoms with van der Waals surface area (Å²) >= 11 is 2.92. The minimum absolute atomic E-state index is 0.0597. The van der Waals surface area contributed by atoms with E-state index in [4.69, 9.17) is 0 Å². The number of thiazole rings is 1. The van der Waals surface area contributed by atoms with Crippen LogP contribution in [0.2, 0.25) is 0 Å². The summed E-state index contributed by atoms with van der Waals surface area (Å²) in [7, 11) is 0. The van der Waals surface area contributed by atoms with Gasteiger partial charge in [0.05, 0.1) is 17.1 Å². The van der Waals surface area contributed by atoms with Crippen molar-refractivity contribution in [1.29, 1.82) is 0 Å². The molecule has 136 valence electrons. The number of imidazole rings is 1. The second-order valence-electron chi connectivity index (χ2n) is 5.76. The molecule has 0 saturated heterocycles. The molecule has 0 aromatic carbocycles. The Labute approximate surface area is 162 Å². The van der Waals surface area contributed by atoms with Crippen molar-refractivity contribution in [2.45, 2.75) is 13.5 Å². The maximum absolute atomic E-state index is 12.4. The number of hydrogen-bond acceptors (Lipinski definition) is 6. The lowest BCUT2D eigenvalue weighted by Gasteiger charge is -1.97. The van der Waals surface area contributed by atoms with Gasteiger partial charge in [-0.2, -0.15) is 0 Å². The number of aromatic nitrogens is 3. The summed E-state index contributed by atoms with van der Waals surface area (Å²) in [6.07, 6.45) is 3.53. The largest absolute Gasteiger partial charge is 0.351 e. The van der Waals surface area contributed by atoms with Gasteiger partial charge in [0, 0.05) is 29.6 Å². The van der Waals surface area contributed by atoms with Gasteiger partial charge in [-0.25, -0.2) is 9.97 Å². The van der Waals surface area contributed by atoms with Gasteiger partial charge in [0.15, 0.2) is 5.13 Å². The lowest BCUT2D eigenvalue weighted by atomic mass is 10.3. The average molecular weight is 397 g/mol. The molecule has 4 rings (SSSR count). The number of nitrogens with one attached hydrogen (secondary N) is 2. The van der Waals surface area contributed by atoms with Crippen LogP contribution in [0.15, 0.2) is 48.1 Å². The second-order valence-corrected chi connectivity index (χ2v) is 7.79. The molecule has 0 radical (unpaired) electrons. The molecule has 4 aromatic heterocycles. The smallest absolute Gasteiger partial charge is 0.277 e. The van der Waals surface area contributed by atoms with Crippen LogP contribution in [0.25, 0.3) is 16.2 Å². The van der Waals surface area contributed by atoms with E-state index in [0.717, 1.165) is 15.4 Å². The highest BCUT2D eigenvalue weighted by Crippen LogP contribution is 2.31. The first kappa shape index (κ1) is 17.4. The molecule has 0 atom stereocenters. The van der Waals surface area contributed by atoms with Gasteiger partial charge in [-0.15, -0.1) is 22.7 Å². The Kier molecular flexibility index (Phi) is 4.69. The van der Waals surface area contributed by atoms with Crippen LogP contribution in [-0.4, -0.2) is 26.2 Å². The normalized spacial score (nSPS) is 10.9. The molecule has 4 heterocycles. The van der Waals surface area contributed by atoms with Crippen molar-refractivity contribution < 1.29 is 9.59 Å². The van der Waals surface area contributed by atoms with Crippen molar-refractivity contribution >= 4 is 45.3 Å². The van der Waals surface area contributed by atoms with E-state index in [1.54, 1.807) is 21.9 Å². The van der Waals surface area contributed by atoms with E-state index < -0.39 is 0 Å². The maximum atomic E-state index is 12.4. The number of anilines is 1. The molecule has 4 aromatic rings. The summed E-state index contributed by atoms with van der Waals surface area (Å²) in [5.74, 6) is -0.354. The van der Waals surface area contributed by atoms with Crippen molar-refractivity contribution in [2.75, 3.05) is 5.32 Å². The molecule has 9 heteroatoms. The molecular weight excluding hydrogens is 382 g/mol. The number of hydrogen-bond donors (Lipinski definition) is 2. The van der Waals surface area contributed by atoms with Gasteiger partial charge < -0.3 is 9.72 Å². The van der Waals surface area contributed by atoms with E-state index in [-0.39, 0.29) is 11.8 Å². The number of carbonyl (C=O) groups is 2. The van der Waals surface area contributed by atoms with E-state index in [2.05, 4.69) is 20.6 Å². The maximum Gasteiger partial charge on any atom is 0.277 e. The summed E-state index contributed by atoms with van der Waals surface area (Å²) in [6, 6.07) is 9.52. The molecule has 2 N–H and O–H groups in total. The number of nitrogens with zero attached hydrogens (tertiary/aromatic N) is 3. The minimum atomic E-state index is -0.294. The van der Waals surface area contributed by atoms with Gasteiger partial charge >= 0.3 is 0 Å². The lowest BCUT2D eigenvalue weighted by molar-refractivity contribution is -0.119. The fourth-order valence-electron chi connectivity index (χ4n) is 2.47. The average Bonchev–Trinajstić information content (AvgIpc) is 3.38. The van der Waals surface area contributed by atoms with Crippen LogP contribution in [0.5, 0.6) is 0 Å². The molecule has 0 aliphatic carbocycles. The monoisotopic (exact) mass is 397 g/mol. The van der Waals surface area contributed by atoms with Gasteiger partial charge in [-0.3, -0.25) is 14.9 Å². The molecular formula is C18H15N5O2S2. The van der Waals surface area contributed by atoms with E-state index >= 15 is 0 Å². The molecule has 0 bridgehead atoms. The SMILES string of the molecule is CC(=O)NCc1ccc(-c2csc(NC(=O)c3cn4ccccc4n3)n2)s1. The standard InChI is InChI=1S/C18H15N5O2S2/c1-11(24)19-8-12-5-6-15(27-12)14-10-26-18(21-14)22-17(25)13-9-23-7-3-2-4-16(23)20-13/h2-7,9-10H,8H2,1H3,(H,19,24)(H,21,22,25). The highest BCUT2D eigenvalue weighted by molar-refractivity contribution is 7.17. The fraction of sp³-hybridized carbons (Fsp3) is 0.111. The van der Waals surface area contributed by atoms with Crippen LogP contribution in [0.1, 0.15) is 22.3 Å². The van der Waals surface area contributed by atoms with Crippen molar-refractivity contribution in [3.63, 3.8) is 0 Å². The van der Waals surface area contributed by atoms with Gasteiger partial charge in [-0.1, -0.05) is 6.07 Å². The van der Waals surface area contributed by atoms with Crippen LogP contribution < -0.4 is 10.6 Å². The molecule has 27 heavy (non-hydrogen) atoms. The Morgan fingerprint density at radius 3 is 2.89 bits per heavy atom. The Bertz CT molecular complexity index is 1090. The Morgan fingerprint density at radius 2 is 2.07 bits per heavy atom. The number of rotatable bonds is 5.